The molecular weight excluding hydrogens is 224 g/mol. The van der Waals surface area contributed by atoms with Crippen molar-refractivity contribution in [3.8, 4) is 0 Å². The molecule has 1 saturated carbocycles. The van der Waals surface area contributed by atoms with E-state index >= 15 is 0 Å². The van der Waals surface area contributed by atoms with Gasteiger partial charge in [0, 0.05) is 6.10 Å². The number of fused-ring (bicyclic) bond motifs is 2. The second-order valence-corrected chi connectivity index (χ2v) is 12.3. The van der Waals surface area contributed by atoms with E-state index in [1.54, 1.807) is 5.57 Å². The number of hydrogen-bond acceptors (Lipinski definition) is 1. The average molecular weight is 252 g/mol. The highest BCUT2D eigenvalue weighted by molar-refractivity contribution is 6.74. The van der Waals surface area contributed by atoms with E-state index in [-0.39, 0.29) is 0 Å². The Hall–Kier alpha value is -0.0831. The first-order valence-corrected chi connectivity index (χ1v) is 9.96. The first-order valence-electron chi connectivity index (χ1n) is 7.05. The molecule has 0 amide bonds. The second-order valence-electron chi connectivity index (χ2n) is 7.53. The highest BCUT2D eigenvalue weighted by Gasteiger charge is 2.44. The van der Waals surface area contributed by atoms with Gasteiger partial charge in [-0.25, -0.2) is 0 Å². The molecule has 17 heavy (non-hydrogen) atoms. The highest BCUT2D eigenvalue weighted by atomic mass is 28.4. The zero-order chi connectivity index (χ0) is 12.8. The molecule has 0 radical (unpaired) electrons. The standard InChI is InChI=1S/C15H28OSi/c1-11-7-8-12-9-13(11)10-14(12)16-17(5,6)15(2,3)4/h7,12-14H,8-10H2,1-6H3/t12-,13+,14-/m0/s1. The molecule has 0 N–H and O–H groups in total. The minimum absolute atomic E-state index is 0.339. The molecule has 2 aliphatic carbocycles. The summed E-state index contributed by atoms with van der Waals surface area (Å²) < 4.78 is 6.63. The maximum Gasteiger partial charge on any atom is 0.192 e. The predicted molar refractivity (Wildman–Crippen MR) is 76.7 cm³/mol. The molecule has 2 rings (SSSR count). The van der Waals surface area contributed by atoms with Gasteiger partial charge >= 0.3 is 0 Å². The van der Waals surface area contributed by atoms with Crippen molar-refractivity contribution in [1.29, 1.82) is 0 Å². The van der Waals surface area contributed by atoms with Crippen molar-refractivity contribution in [2.75, 3.05) is 0 Å². The van der Waals surface area contributed by atoms with Gasteiger partial charge in [-0.1, -0.05) is 32.4 Å². The number of hydrogen-bond donors (Lipinski definition) is 0. The van der Waals surface area contributed by atoms with Crippen LogP contribution in [-0.2, 0) is 4.43 Å². The van der Waals surface area contributed by atoms with Crippen LogP contribution < -0.4 is 0 Å². The van der Waals surface area contributed by atoms with Crippen LogP contribution in [-0.4, -0.2) is 14.4 Å². The molecule has 2 aliphatic rings. The lowest BCUT2D eigenvalue weighted by Gasteiger charge is -2.39. The van der Waals surface area contributed by atoms with Crippen LogP contribution in [0.1, 0.15) is 47.0 Å². The van der Waals surface area contributed by atoms with Gasteiger partial charge in [0.1, 0.15) is 0 Å². The van der Waals surface area contributed by atoms with E-state index in [1.807, 2.05) is 0 Å². The van der Waals surface area contributed by atoms with Crippen molar-refractivity contribution in [3.63, 3.8) is 0 Å². The lowest BCUT2D eigenvalue weighted by molar-refractivity contribution is 0.142. The van der Waals surface area contributed by atoms with Crippen LogP contribution in [0, 0.1) is 11.8 Å². The first-order chi connectivity index (χ1) is 7.71. The summed E-state index contributed by atoms with van der Waals surface area (Å²) in [6.07, 6.45) is 6.89. The zero-order valence-corrected chi connectivity index (χ0v) is 13.3. The Labute approximate surface area is 108 Å². The summed E-state index contributed by atoms with van der Waals surface area (Å²) >= 11 is 0. The van der Waals surface area contributed by atoms with Gasteiger partial charge in [0.2, 0.25) is 0 Å². The third kappa shape index (κ3) is 2.53. The average Bonchev–Trinajstić information content (AvgIpc) is 2.49. The van der Waals surface area contributed by atoms with Gasteiger partial charge in [-0.3, -0.25) is 0 Å². The fourth-order valence-electron chi connectivity index (χ4n) is 2.91. The van der Waals surface area contributed by atoms with Crippen LogP contribution in [0.3, 0.4) is 0 Å². The van der Waals surface area contributed by atoms with E-state index in [9.17, 15) is 0 Å². The molecule has 0 heterocycles. The van der Waals surface area contributed by atoms with Crippen LogP contribution in [0.5, 0.6) is 0 Å². The van der Waals surface area contributed by atoms with Gasteiger partial charge in [0.25, 0.3) is 0 Å². The quantitative estimate of drug-likeness (QED) is 0.509. The monoisotopic (exact) mass is 252 g/mol. The van der Waals surface area contributed by atoms with Crippen LogP contribution in [0.25, 0.3) is 0 Å². The lowest BCUT2D eigenvalue weighted by atomic mass is 9.89. The Balaban J connectivity index is 2.04. The maximum absolute atomic E-state index is 6.63. The van der Waals surface area contributed by atoms with Crippen LogP contribution >= 0.6 is 0 Å². The van der Waals surface area contributed by atoms with E-state index in [1.165, 1.54) is 19.3 Å². The number of rotatable bonds is 2. The Morgan fingerprint density at radius 3 is 2.41 bits per heavy atom. The topological polar surface area (TPSA) is 9.23 Å². The van der Waals surface area contributed by atoms with Gasteiger partial charge in [-0.2, -0.15) is 0 Å². The Morgan fingerprint density at radius 2 is 1.88 bits per heavy atom. The molecule has 0 aromatic carbocycles. The molecule has 98 valence electrons. The molecule has 0 spiro atoms. The van der Waals surface area contributed by atoms with Gasteiger partial charge < -0.3 is 4.43 Å². The van der Waals surface area contributed by atoms with Crippen molar-refractivity contribution in [1.82, 2.24) is 0 Å². The fourth-order valence-corrected chi connectivity index (χ4v) is 4.31. The molecule has 1 fully saturated rings. The van der Waals surface area contributed by atoms with Crippen molar-refractivity contribution in [2.24, 2.45) is 11.8 Å². The van der Waals surface area contributed by atoms with Gasteiger partial charge in [-0.05, 0) is 56.2 Å². The van der Waals surface area contributed by atoms with Crippen molar-refractivity contribution in [2.45, 2.75) is 71.2 Å². The first kappa shape index (κ1) is 13.4. The lowest BCUT2D eigenvalue weighted by Crippen LogP contribution is -2.44. The van der Waals surface area contributed by atoms with Gasteiger partial charge in [0.15, 0.2) is 8.32 Å². The Kier molecular flexibility index (Phi) is 3.33. The zero-order valence-electron chi connectivity index (χ0n) is 12.3. The van der Waals surface area contributed by atoms with E-state index in [2.05, 4.69) is 46.9 Å². The van der Waals surface area contributed by atoms with Crippen molar-refractivity contribution >= 4 is 8.32 Å². The molecule has 2 heteroatoms. The highest BCUT2D eigenvalue weighted by Crippen LogP contribution is 2.47. The summed E-state index contributed by atoms with van der Waals surface area (Å²) in [5.41, 5.74) is 1.61. The van der Waals surface area contributed by atoms with Gasteiger partial charge in [0.05, 0.1) is 0 Å². The molecule has 0 saturated heterocycles. The summed E-state index contributed by atoms with van der Waals surface area (Å²) in [4.78, 5) is 0. The molecule has 0 aromatic heterocycles. The predicted octanol–water partition coefficient (Wildman–Crippen LogP) is 4.75. The largest absolute Gasteiger partial charge is 0.414 e. The third-order valence-electron chi connectivity index (χ3n) is 5.27. The fraction of sp³-hybridized carbons (Fsp3) is 0.867. The molecule has 3 atom stereocenters. The summed E-state index contributed by atoms with van der Waals surface area (Å²) in [6.45, 7) is 14.1. The van der Waals surface area contributed by atoms with E-state index in [0.717, 1.165) is 11.8 Å². The number of allylic oxidation sites excluding steroid dienone is 2. The van der Waals surface area contributed by atoms with Crippen LogP contribution in [0.15, 0.2) is 11.6 Å². The summed E-state index contributed by atoms with van der Waals surface area (Å²) in [6, 6.07) is 0. The summed E-state index contributed by atoms with van der Waals surface area (Å²) in [7, 11) is -1.57. The van der Waals surface area contributed by atoms with Crippen molar-refractivity contribution < 1.29 is 4.43 Å². The van der Waals surface area contributed by atoms with E-state index < -0.39 is 8.32 Å². The van der Waals surface area contributed by atoms with Crippen molar-refractivity contribution in [3.05, 3.63) is 11.6 Å². The smallest absolute Gasteiger partial charge is 0.192 e. The maximum atomic E-state index is 6.63. The Bertz CT molecular complexity index is 324. The molecule has 2 bridgehead atoms. The van der Waals surface area contributed by atoms with Crippen LogP contribution in [0.4, 0.5) is 0 Å². The summed E-state index contributed by atoms with van der Waals surface area (Å²) in [5.74, 6) is 1.63. The second kappa shape index (κ2) is 4.24. The van der Waals surface area contributed by atoms with Crippen LogP contribution in [0.2, 0.25) is 18.1 Å². The van der Waals surface area contributed by atoms with E-state index in [4.69, 9.17) is 4.43 Å². The molecular formula is C15H28OSi. The molecule has 0 aliphatic heterocycles. The minimum atomic E-state index is -1.57. The third-order valence-corrected chi connectivity index (χ3v) is 9.77. The minimum Gasteiger partial charge on any atom is -0.414 e. The molecule has 0 unspecified atom stereocenters. The van der Waals surface area contributed by atoms with E-state index in [0.29, 0.717) is 11.1 Å². The summed E-state index contributed by atoms with van der Waals surface area (Å²) in [5, 5.41) is 0.339. The Morgan fingerprint density at radius 1 is 1.24 bits per heavy atom. The normalized spacial score (nSPS) is 33.8. The molecule has 0 aromatic rings. The SMILES string of the molecule is CC1=CC[C@H]2C[C@@H]1C[C@@H]2O[Si](C)(C)C(C)(C)C. The molecule has 1 nitrogen and oxygen atoms in total. The van der Waals surface area contributed by atoms with Gasteiger partial charge in [-0.15, -0.1) is 0 Å².